The van der Waals surface area contributed by atoms with E-state index in [-0.39, 0.29) is 5.92 Å². The molecule has 0 aromatic heterocycles. The average Bonchev–Trinajstić information content (AvgIpc) is 3.10. The van der Waals surface area contributed by atoms with Gasteiger partial charge in [-0.15, -0.1) is 0 Å². The van der Waals surface area contributed by atoms with Gasteiger partial charge in [-0.2, -0.15) is 5.26 Å². The first-order valence-electron chi connectivity index (χ1n) is 7.29. The Bertz CT molecular complexity index is 781. The minimum Gasteiger partial charge on any atom is -0.460 e. The average molecular weight is 359 g/mol. The van der Waals surface area contributed by atoms with E-state index in [0.717, 1.165) is 0 Å². The number of allylic oxidation sites excluding steroid dienone is 2. The molecule has 0 unspecified atom stereocenters. The summed E-state index contributed by atoms with van der Waals surface area (Å²) in [4.78, 5) is 12.1. The molecule has 0 bridgehead atoms. The van der Waals surface area contributed by atoms with Crippen LogP contribution in [-0.4, -0.2) is 5.97 Å². The molecule has 0 radical (unpaired) electrons. The SMILES string of the molecule is CC(C#N)=C[C@@H]1[C@@H](C(=O)OCc2c(F)c(F)c(F)c(F)c2F)C1(C)C. The fourth-order valence-corrected chi connectivity index (χ4v) is 2.76. The predicted octanol–water partition coefficient (Wildman–Crippen LogP) is 4.17. The van der Waals surface area contributed by atoms with Gasteiger partial charge in [0.25, 0.3) is 0 Å². The maximum Gasteiger partial charge on any atom is 0.310 e. The molecule has 3 nitrogen and oxygen atoms in total. The summed E-state index contributed by atoms with van der Waals surface area (Å²) in [6, 6.07) is 1.92. The van der Waals surface area contributed by atoms with Crippen molar-refractivity contribution in [2.45, 2.75) is 27.4 Å². The zero-order valence-electron chi connectivity index (χ0n) is 13.6. The Morgan fingerprint density at radius 3 is 2.08 bits per heavy atom. The number of nitrogens with zero attached hydrogens (tertiary/aromatic N) is 1. The van der Waals surface area contributed by atoms with Gasteiger partial charge in [-0.05, 0) is 18.3 Å². The molecular formula is C17H14F5NO2. The van der Waals surface area contributed by atoms with Gasteiger partial charge in [0.15, 0.2) is 23.3 Å². The summed E-state index contributed by atoms with van der Waals surface area (Å²) >= 11 is 0. The number of esters is 1. The van der Waals surface area contributed by atoms with Crippen molar-refractivity contribution in [1.29, 1.82) is 5.26 Å². The van der Waals surface area contributed by atoms with Gasteiger partial charge in [0.2, 0.25) is 5.82 Å². The van der Waals surface area contributed by atoms with E-state index >= 15 is 0 Å². The van der Waals surface area contributed by atoms with Crippen LogP contribution in [0.3, 0.4) is 0 Å². The lowest BCUT2D eigenvalue weighted by atomic mass is 10.1. The second-order valence-corrected chi connectivity index (χ2v) is 6.44. The van der Waals surface area contributed by atoms with E-state index < -0.39 is 58.6 Å². The van der Waals surface area contributed by atoms with Crippen molar-refractivity contribution >= 4 is 5.97 Å². The summed E-state index contributed by atoms with van der Waals surface area (Å²) in [5.41, 5.74) is -1.34. The maximum atomic E-state index is 13.6. The topological polar surface area (TPSA) is 50.1 Å². The summed E-state index contributed by atoms with van der Waals surface area (Å²) < 4.78 is 71.1. The molecule has 2 atom stereocenters. The van der Waals surface area contributed by atoms with E-state index in [2.05, 4.69) is 0 Å². The normalized spacial score (nSPS) is 21.6. The lowest BCUT2D eigenvalue weighted by molar-refractivity contribution is -0.147. The minimum absolute atomic E-state index is 0.309. The molecule has 0 N–H and O–H groups in total. The highest BCUT2D eigenvalue weighted by molar-refractivity contribution is 5.78. The lowest BCUT2D eigenvalue weighted by Crippen LogP contribution is -2.14. The van der Waals surface area contributed by atoms with E-state index in [1.807, 2.05) is 6.07 Å². The van der Waals surface area contributed by atoms with Crippen LogP contribution in [0.4, 0.5) is 22.0 Å². The van der Waals surface area contributed by atoms with Crippen LogP contribution in [-0.2, 0) is 16.1 Å². The fraction of sp³-hybridized carbons (Fsp3) is 0.412. The molecule has 0 amide bonds. The van der Waals surface area contributed by atoms with Crippen LogP contribution < -0.4 is 0 Å². The van der Waals surface area contributed by atoms with Crippen LogP contribution in [0.1, 0.15) is 26.3 Å². The van der Waals surface area contributed by atoms with Gasteiger partial charge in [-0.1, -0.05) is 19.9 Å². The minimum atomic E-state index is -2.27. The van der Waals surface area contributed by atoms with Gasteiger partial charge >= 0.3 is 5.97 Å². The molecule has 1 aromatic rings. The number of hydrogen-bond acceptors (Lipinski definition) is 3. The molecule has 1 saturated carbocycles. The number of ether oxygens (including phenoxy) is 1. The highest BCUT2D eigenvalue weighted by Crippen LogP contribution is 2.59. The van der Waals surface area contributed by atoms with Gasteiger partial charge in [0, 0.05) is 5.57 Å². The van der Waals surface area contributed by atoms with Gasteiger partial charge in [-0.25, -0.2) is 22.0 Å². The summed E-state index contributed by atoms with van der Waals surface area (Å²) in [7, 11) is 0. The van der Waals surface area contributed by atoms with Crippen molar-refractivity contribution in [3.05, 3.63) is 46.3 Å². The second-order valence-electron chi connectivity index (χ2n) is 6.44. The van der Waals surface area contributed by atoms with Crippen molar-refractivity contribution < 1.29 is 31.5 Å². The van der Waals surface area contributed by atoms with Crippen molar-refractivity contribution in [2.75, 3.05) is 0 Å². The number of carbonyl (C=O) groups excluding carboxylic acids is 1. The molecular weight excluding hydrogens is 345 g/mol. The Hall–Kier alpha value is -2.43. The predicted molar refractivity (Wildman–Crippen MR) is 76.2 cm³/mol. The molecule has 8 heteroatoms. The molecule has 2 rings (SSSR count). The van der Waals surface area contributed by atoms with Crippen molar-refractivity contribution in [2.24, 2.45) is 17.3 Å². The van der Waals surface area contributed by atoms with Gasteiger partial charge < -0.3 is 4.74 Å². The molecule has 1 aromatic carbocycles. The molecule has 1 fully saturated rings. The Morgan fingerprint density at radius 2 is 1.60 bits per heavy atom. The third kappa shape index (κ3) is 3.23. The first kappa shape index (κ1) is 18.9. The van der Waals surface area contributed by atoms with Crippen molar-refractivity contribution in [3.8, 4) is 6.07 Å². The summed E-state index contributed by atoms with van der Waals surface area (Å²) in [6.45, 7) is 3.96. The standard InChI is InChI=1S/C17H14F5NO2/c1-7(5-23)4-9-10(17(9,2)3)16(24)25-6-8-11(18)13(20)15(22)14(21)12(8)19/h4,9-10H,6H2,1-3H3/t9-,10+/m1/s1. The molecule has 0 saturated heterocycles. The maximum absolute atomic E-state index is 13.6. The summed E-state index contributed by atoms with van der Waals surface area (Å²) in [6.07, 6.45) is 1.59. The van der Waals surface area contributed by atoms with Crippen LogP contribution in [0.15, 0.2) is 11.6 Å². The first-order valence-corrected chi connectivity index (χ1v) is 7.29. The molecule has 1 aliphatic carbocycles. The van der Waals surface area contributed by atoms with E-state index in [0.29, 0.717) is 5.57 Å². The van der Waals surface area contributed by atoms with Gasteiger partial charge in [0.05, 0.1) is 17.6 Å². The van der Waals surface area contributed by atoms with E-state index in [1.54, 1.807) is 26.8 Å². The molecule has 25 heavy (non-hydrogen) atoms. The monoisotopic (exact) mass is 359 g/mol. The Labute approximate surface area is 140 Å². The molecule has 0 aliphatic heterocycles. The summed E-state index contributed by atoms with van der Waals surface area (Å²) in [5, 5.41) is 8.77. The Kier molecular flexibility index (Phi) is 4.89. The van der Waals surface area contributed by atoms with Crippen LogP contribution in [0.25, 0.3) is 0 Å². The quantitative estimate of drug-likeness (QED) is 0.267. The lowest BCUT2D eigenvalue weighted by Gasteiger charge is -2.09. The third-order valence-corrected chi connectivity index (χ3v) is 4.43. The van der Waals surface area contributed by atoms with Crippen LogP contribution in [0, 0.1) is 57.7 Å². The smallest absolute Gasteiger partial charge is 0.310 e. The highest BCUT2D eigenvalue weighted by atomic mass is 19.2. The number of benzene rings is 1. The second kappa shape index (κ2) is 6.47. The molecule has 134 valence electrons. The third-order valence-electron chi connectivity index (χ3n) is 4.43. The van der Waals surface area contributed by atoms with Gasteiger partial charge in [-0.3, -0.25) is 4.79 Å². The van der Waals surface area contributed by atoms with E-state index in [4.69, 9.17) is 10.00 Å². The number of carbonyl (C=O) groups is 1. The van der Waals surface area contributed by atoms with Crippen LogP contribution >= 0.6 is 0 Å². The molecule has 0 spiro atoms. The summed E-state index contributed by atoms with van der Waals surface area (Å²) in [5.74, 6) is -12.3. The Balaban J connectivity index is 2.16. The number of hydrogen-bond donors (Lipinski definition) is 0. The van der Waals surface area contributed by atoms with E-state index in [1.165, 1.54) is 0 Å². The zero-order chi connectivity index (χ0) is 19.1. The van der Waals surface area contributed by atoms with Crippen molar-refractivity contribution in [1.82, 2.24) is 0 Å². The fourth-order valence-electron chi connectivity index (χ4n) is 2.76. The number of rotatable bonds is 4. The zero-order valence-corrected chi connectivity index (χ0v) is 13.6. The number of halogens is 5. The van der Waals surface area contributed by atoms with Crippen LogP contribution in [0.5, 0.6) is 0 Å². The molecule has 0 heterocycles. The molecule has 1 aliphatic rings. The Morgan fingerprint density at radius 1 is 1.12 bits per heavy atom. The largest absolute Gasteiger partial charge is 0.460 e. The van der Waals surface area contributed by atoms with Gasteiger partial charge in [0.1, 0.15) is 6.61 Å². The van der Waals surface area contributed by atoms with Crippen molar-refractivity contribution in [3.63, 3.8) is 0 Å². The van der Waals surface area contributed by atoms with E-state index in [9.17, 15) is 26.7 Å². The number of nitriles is 1. The highest BCUT2D eigenvalue weighted by Gasteiger charge is 2.61. The van der Waals surface area contributed by atoms with Crippen LogP contribution in [0.2, 0.25) is 0 Å². The first-order chi connectivity index (χ1) is 11.5.